The van der Waals surface area contributed by atoms with Crippen LogP contribution in [0.2, 0.25) is 10.0 Å². The zero-order chi connectivity index (χ0) is 18.7. The second-order valence-corrected chi connectivity index (χ2v) is 6.99. The Bertz CT molecular complexity index is 952. The Morgan fingerprint density at radius 2 is 1.96 bits per heavy atom. The van der Waals surface area contributed by atoms with Gasteiger partial charge in [-0.3, -0.25) is 0 Å². The Hall–Kier alpha value is -1.95. The standard InChI is InChI=1S/C19H13BrCl2O4/c1-24-16-7-5-11(20)9-14(16)19(23)25-10-12-6-8-17(26-12)13-3-2-4-15(21)18(13)22/h2-9H,10H2,1H3. The Morgan fingerprint density at radius 1 is 1.15 bits per heavy atom. The van der Waals surface area contributed by atoms with Crippen molar-refractivity contribution in [1.82, 2.24) is 0 Å². The summed E-state index contributed by atoms with van der Waals surface area (Å²) in [5, 5.41) is 0.848. The summed E-state index contributed by atoms with van der Waals surface area (Å²) in [6.45, 7) is -0.0211. The largest absolute Gasteiger partial charge is 0.496 e. The van der Waals surface area contributed by atoms with Gasteiger partial charge in [0.05, 0.1) is 17.2 Å². The summed E-state index contributed by atoms with van der Waals surface area (Å²) in [6, 6.07) is 13.9. The van der Waals surface area contributed by atoms with E-state index < -0.39 is 5.97 Å². The molecule has 2 aromatic carbocycles. The van der Waals surface area contributed by atoms with Crippen molar-refractivity contribution in [2.75, 3.05) is 7.11 Å². The van der Waals surface area contributed by atoms with Gasteiger partial charge in [-0.2, -0.15) is 0 Å². The van der Waals surface area contributed by atoms with Crippen LogP contribution in [0, 0.1) is 0 Å². The molecule has 0 unspecified atom stereocenters. The zero-order valence-corrected chi connectivity index (χ0v) is 16.7. The minimum absolute atomic E-state index is 0.0211. The van der Waals surface area contributed by atoms with Gasteiger partial charge in [0.15, 0.2) is 0 Å². The lowest BCUT2D eigenvalue weighted by molar-refractivity contribution is 0.0442. The first-order valence-corrected chi connectivity index (χ1v) is 9.08. The summed E-state index contributed by atoms with van der Waals surface area (Å²) in [7, 11) is 1.49. The lowest BCUT2D eigenvalue weighted by atomic mass is 10.2. The molecule has 4 nitrogen and oxygen atoms in total. The maximum Gasteiger partial charge on any atom is 0.342 e. The summed E-state index contributed by atoms with van der Waals surface area (Å²) >= 11 is 15.5. The number of methoxy groups -OCH3 is 1. The van der Waals surface area contributed by atoms with E-state index in [0.29, 0.717) is 38.4 Å². The van der Waals surface area contributed by atoms with Crippen LogP contribution in [0.15, 0.2) is 57.4 Å². The van der Waals surface area contributed by atoms with Crippen LogP contribution in [-0.2, 0) is 11.3 Å². The van der Waals surface area contributed by atoms with Gasteiger partial charge in [-0.1, -0.05) is 45.2 Å². The molecule has 1 heterocycles. The Balaban J connectivity index is 1.73. The summed E-state index contributed by atoms with van der Waals surface area (Å²) < 4.78 is 17.0. The molecule has 3 aromatic rings. The van der Waals surface area contributed by atoms with Crippen LogP contribution in [-0.4, -0.2) is 13.1 Å². The smallest absolute Gasteiger partial charge is 0.342 e. The van der Waals surface area contributed by atoms with Crippen LogP contribution in [0.25, 0.3) is 11.3 Å². The molecule has 134 valence electrons. The monoisotopic (exact) mass is 454 g/mol. The number of carbonyl (C=O) groups is 1. The van der Waals surface area contributed by atoms with Gasteiger partial charge in [0.2, 0.25) is 0 Å². The Morgan fingerprint density at radius 3 is 2.73 bits per heavy atom. The first kappa shape index (κ1) is 18.8. The summed E-state index contributed by atoms with van der Waals surface area (Å²) in [4.78, 5) is 12.3. The lowest BCUT2D eigenvalue weighted by Gasteiger charge is -2.08. The molecule has 0 spiro atoms. The van der Waals surface area contributed by atoms with E-state index in [9.17, 15) is 4.79 Å². The van der Waals surface area contributed by atoms with Crippen molar-refractivity contribution in [2.45, 2.75) is 6.61 Å². The molecule has 0 N–H and O–H groups in total. The third-order valence-corrected chi connectivity index (χ3v) is 4.92. The van der Waals surface area contributed by atoms with Crippen LogP contribution in [0.1, 0.15) is 16.1 Å². The molecule has 0 saturated heterocycles. The van der Waals surface area contributed by atoms with E-state index in [2.05, 4.69) is 15.9 Å². The number of hydrogen-bond acceptors (Lipinski definition) is 4. The van der Waals surface area contributed by atoms with Gasteiger partial charge in [-0.05, 0) is 42.5 Å². The highest BCUT2D eigenvalue weighted by atomic mass is 79.9. The molecule has 0 atom stereocenters. The molecule has 0 aliphatic carbocycles. The van der Waals surface area contributed by atoms with Crippen LogP contribution >= 0.6 is 39.1 Å². The quantitative estimate of drug-likeness (QED) is 0.418. The molecule has 3 rings (SSSR count). The van der Waals surface area contributed by atoms with E-state index in [4.69, 9.17) is 37.1 Å². The topological polar surface area (TPSA) is 48.7 Å². The Labute approximate surface area is 168 Å². The molecule has 0 saturated carbocycles. The molecule has 0 radical (unpaired) electrons. The van der Waals surface area contributed by atoms with Crippen LogP contribution in [0.5, 0.6) is 5.75 Å². The summed E-state index contributed by atoms with van der Waals surface area (Å²) in [5.74, 6) is 0.952. The fraction of sp³-hybridized carbons (Fsp3) is 0.105. The molecule has 0 amide bonds. The van der Waals surface area contributed by atoms with Gasteiger partial charge in [-0.25, -0.2) is 4.79 Å². The second kappa shape index (κ2) is 8.16. The van der Waals surface area contributed by atoms with Gasteiger partial charge >= 0.3 is 5.97 Å². The average Bonchev–Trinajstić information content (AvgIpc) is 3.10. The number of benzene rings is 2. The normalized spacial score (nSPS) is 10.6. The highest BCUT2D eigenvalue weighted by Crippen LogP contribution is 2.34. The van der Waals surface area contributed by atoms with E-state index in [1.165, 1.54) is 7.11 Å². The van der Waals surface area contributed by atoms with Crippen molar-refractivity contribution in [3.8, 4) is 17.1 Å². The molecular weight excluding hydrogens is 443 g/mol. The number of halogens is 3. The molecule has 1 aromatic heterocycles. The SMILES string of the molecule is COc1ccc(Br)cc1C(=O)OCc1ccc(-c2cccc(Cl)c2Cl)o1. The molecular formula is C19H13BrCl2O4. The third-order valence-electron chi connectivity index (χ3n) is 3.61. The van der Waals surface area contributed by atoms with Crippen molar-refractivity contribution in [2.24, 2.45) is 0 Å². The first-order chi connectivity index (χ1) is 12.5. The number of carbonyl (C=O) groups excluding carboxylic acids is 1. The van der Waals surface area contributed by atoms with E-state index >= 15 is 0 Å². The van der Waals surface area contributed by atoms with Crippen molar-refractivity contribution in [1.29, 1.82) is 0 Å². The fourth-order valence-electron chi connectivity index (χ4n) is 2.35. The van der Waals surface area contributed by atoms with Gasteiger partial charge in [0.1, 0.15) is 29.4 Å². The molecule has 0 aliphatic rings. The molecule has 7 heteroatoms. The minimum Gasteiger partial charge on any atom is -0.496 e. The maximum absolute atomic E-state index is 12.3. The van der Waals surface area contributed by atoms with Gasteiger partial charge < -0.3 is 13.9 Å². The number of furan rings is 1. The van der Waals surface area contributed by atoms with Crippen LogP contribution in [0.3, 0.4) is 0 Å². The van der Waals surface area contributed by atoms with Crippen LogP contribution < -0.4 is 4.74 Å². The predicted octanol–water partition coefficient (Wildman–Crippen LogP) is 6.38. The van der Waals surface area contributed by atoms with Gasteiger partial charge in [-0.15, -0.1) is 0 Å². The van der Waals surface area contributed by atoms with Crippen molar-refractivity contribution >= 4 is 45.1 Å². The molecule has 0 bridgehead atoms. The number of hydrogen-bond donors (Lipinski definition) is 0. The lowest BCUT2D eigenvalue weighted by Crippen LogP contribution is -2.07. The molecule has 26 heavy (non-hydrogen) atoms. The van der Waals surface area contributed by atoms with Crippen molar-refractivity contribution in [3.05, 3.63) is 74.4 Å². The van der Waals surface area contributed by atoms with E-state index in [1.807, 2.05) is 0 Å². The highest BCUT2D eigenvalue weighted by molar-refractivity contribution is 9.10. The number of ether oxygens (including phenoxy) is 2. The van der Waals surface area contributed by atoms with Gasteiger partial charge in [0, 0.05) is 10.0 Å². The second-order valence-electron chi connectivity index (χ2n) is 5.29. The fourth-order valence-corrected chi connectivity index (χ4v) is 3.10. The van der Waals surface area contributed by atoms with Crippen LogP contribution in [0.4, 0.5) is 0 Å². The average molecular weight is 456 g/mol. The maximum atomic E-state index is 12.3. The van der Waals surface area contributed by atoms with E-state index in [0.717, 1.165) is 4.47 Å². The number of rotatable bonds is 5. The van der Waals surface area contributed by atoms with E-state index in [1.54, 1.807) is 48.5 Å². The van der Waals surface area contributed by atoms with Gasteiger partial charge in [0.25, 0.3) is 0 Å². The van der Waals surface area contributed by atoms with E-state index in [-0.39, 0.29) is 6.61 Å². The zero-order valence-electron chi connectivity index (χ0n) is 13.6. The highest BCUT2D eigenvalue weighted by Gasteiger charge is 2.16. The van der Waals surface area contributed by atoms with Crippen molar-refractivity contribution < 1.29 is 18.7 Å². The summed E-state index contributed by atoms with van der Waals surface area (Å²) in [6.07, 6.45) is 0. The number of esters is 1. The first-order valence-electron chi connectivity index (χ1n) is 7.53. The summed E-state index contributed by atoms with van der Waals surface area (Å²) in [5.41, 5.74) is 0.997. The third kappa shape index (κ3) is 4.06. The molecule has 0 fully saturated rings. The van der Waals surface area contributed by atoms with Crippen molar-refractivity contribution in [3.63, 3.8) is 0 Å². The minimum atomic E-state index is -0.512. The Kier molecular flexibility index (Phi) is 5.91. The molecule has 0 aliphatic heterocycles. The predicted molar refractivity (Wildman–Crippen MR) is 104 cm³/mol.